The number of ether oxygens (including phenoxy) is 1. The molecule has 6 nitrogen and oxygen atoms in total. The third kappa shape index (κ3) is 2.66. The average molecular weight is 223 g/mol. The lowest BCUT2D eigenvalue weighted by atomic mass is 10.2. The topological polar surface area (TPSA) is 83.9 Å². The molecule has 0 bridgehead atoms. The van der Waals surface area contributed by atoms with Crippen LogP contribution in [0, 0.1) is 0 Å². The number of aliphatic hydroxyl groups excluding tert-OH is 1. The van der Waals surface area contributed by atoms with Crippen molar-refractivity contribution in [1.29, 1.82) is 0 Å². The van der Waals surface area contributed by atoms with Crippen LogP contribution in [-0.2, 0) is 19.6 Å². The van der Waals surface area contributed by atoms with Crippen LogP contribution in [0.5, 0.6) is 0 Å². The number of hydrogen-bond acceptors (Lipinski definition) is 5. The minimum atomic E-state index is -3.39. The first-order valence-corrected chi connectivity index (χ1v) is 5.79. The monoisotopic (exact) mass is 223 g/mol. The van der Waals surface area contributed by atoms with E-state index in [1.54, 1.807) is 0 Å². The van der Waals surface area contributed by atoms with Gasteiger partial charge in [0.05, 0.1) is 25.4 Å². The zero-order valence-electron chi connectivity index (χ0n) is 7.84. The normalized spacial score (nSPS) is 19.0. The molecule has 1 aliphatic rings. The lowest BCUT2D eigenvalue weighted by Crippen LogP contribution is -2.54. The van der Waals surface area contributed by atoms with Gasteiger partial charge in [0.15, 0.2) is 0 Å². The molecule has 14 heavy (non-hydrogen) atoms. The molecule has 82 valence electrons. The zero-order valence-corrected chi connectivity index (χ0v) is 8.66. The highest BCUT2D eigenvalue weighted by Crippen LogP contribution is 2.14. The second-order valence-electron chi connectivity index (χ2n) is 3.11. The predicted octanol–water partition coefficient (Wildman–Crippen LogP) is -1.44. The molecular weight excluding hydrogens is 210 g/mol. The van der Waals surface area contributed by atoms with Crippen LogP contribution in [0.25, 0.3) is 0 Å². The first kappa shape index (κ1) is 11.4. The Kier molecular flexibility index (Phi) is 3.46. The van der Waals surface area contributed by atoms with Crippen molar-refractivity contribution in [2.75, 3.05) is 26.0 Å². The van der Waals surface area contributed by atoms with Gasteiger partial charge in [-0.15, -0.1) is 0 Å². The Bertz CT molecular complexity index is 306. The van der Waals surface area contributed by atoms with E-state index in [-0.39, 0.29) is 25.3 Å². The van der Waals surface area contributed by atoms with Gasteiger partial charge in [-0.25, -0.2) is 8.42 Å². The first-order chi connectivity index (χ1) is 6.45. The second-order valence-corrected chi connectivity index (χ2v) is 5.20. The molecule has 0 amide bonds. The molecule has 0 aromatic rings. The zero-order chi connectivity index (χ0) is 10.8. The van der Waals surface area contributed by atoms with Crippen molar-refractivity contribution in [2.24, 2.45) is 0 Å². The molecule has 0 unspecified atom stereocenters. The summed E-state index contributed by atoms with van der Waals surface area (Å²) in [6.07, 6.45) is -0.714. The fourth-order valence-electron chi connectivity index (χ4n) is 1.09. The van der Waals surface area contributed by atoms with E-state index in [1.165, 1.54) is 7.11 Å². The van der Waals surface area contributed by atoms with Gasteiger partial charge < -0.3 is 9.84 Å². The molecule has 1 rings (SSSR count). The van der Waals surface area contributed by atoms with Crippen molar-refractivity contribution < 1.29 is 23.1 Å². The van der Waals surface area contributed by atoms with Gasteiger partial charge in [-0.3, -0.25) is 4.79 Å². The van der Waals surface area contributed by atoms with Crippen molar-refractivity contribution in [1.82, 2.24) is 4.31 Å². The molecule has 0 atom stereocenters. The van der Waals surface area contributed by atoms with Crippen LogP contribution in [0.2, 0.25) is 0 Å². The standard InChI is InChI=1S/C7H13NO5S/c1-13-7(10)2-3-14(11,12)8-4-6(9)5-8/h6,9H,2-5H2,1H3. The SMILES string of the molecule is COC(=O)CCS(=O)(=O)N1CC(O)C1. The van der Waals surface area contributed by atoms with Crippen molar-refractivity contribution >= 4 is 16.0 Å². The number of methoxy groups -OCH3 is 1. The van der Waals surface area contributed by atoms with Crippen LogP contribution in [0.3, 0.4) is 0 Å². The summed E-state index contributed by atoms with van der Waals surface area (Å²) in [5.74, 6) is -0.804. The van der Waals surface area contributed by atoms with E-state index >= 15 is 0 Å². The Morgan fingerprint density at radius 3 is 2.57 bits per heavy atom. The summed E-state index contributed by atoms with van der Waals surface area (Å²) in [7, 11) is -2.18. The summed E-state index contributed by atoms with van der Waals surface area (Å²) in [4.78, 5) is 10.7. The molecule has 1 saturated heterocycles. The van der Waals surface area contributed by atoms with Crippen molar-refractivity contribution in [3.05, 3.63) is 0 Å². The van der Waals surface area contributed by atoms with Gasteiger partial charge >= 0.3 is 5.97 Å². The first-order valence-electron chi connectivity index (χ1n) is 4.18. The molecule has 1 N–H and O–H groups in total. The Morgan fingerprint density at radius 1 is 1.57 bits per heavy atom. The molecule has 0 aliphatic carbocycles. The Morgan fingerprint density at radius 2 is 2.14 bits per heavy atom. The number of nitrogens with zero attached hydrogens (tertiary/aromatic N) is 1. The maximum Gasteiger partial charge on any atom is 0.306 e. The van der Waals surface area contributed by atoms with Gasteiger partial charge in [0.25, 0.3) is 0 Å². The van der Waals surface area contributed by atoms with E-state index in [9.17, 15) is 13.2 Å². The van der Waals surface area contributed by atoms with Crippen LogP contribution in [0.4, 0.5) is 0 Å². The minimum absolute atomic E-state index is 0.128. The summed E-state index contributed by atoms with van der Waals surface area (Å²) in [5.41, 5.74) is 0. The summed E-state index contributed by atoms with van der Waals surface area (Å²) in [5, 5.41) is 8.91. The molecule has 0 aromatic carbocycles. The lowest BCUT2D eigenvalue weighted by molar-refractivity contribution is -0.140. The molecule has 1 fully saturated rings. The highest BCUT2D eigenvalue weighted by atomic mass is 32.2. The highest BCUT2D eigenvalue weighted by Gasteiger charge is 2.34. The van der Waals surface area contributed by atoms with E-state index < -0.39 is 22.1 Å². The summed E-state index contributed by atoms with van der Waals surface area (Å²) in [6.45, 7) is 0.257. The number of rotatable bonds is 4. The Balaban J connectivity index is 2.39. The average Bonchev–Trinajstić information content (AvgIpc) is 2.09. The van der Waals surface area contributed by atoms with Crippen LogP contribution < -0.4 is 0 Å². The second kappa shape index (κ2) is 4.24. The number of esters is 1. The van der Waals surface area contributed by atoms with E-state index in [0.29, 0.717) is 0 Å². The molecule has 0 radical (unpaired) electrons. The van der Waals surface area contributed by atoms with Crippen LogP contribution >= 0.6 is 0 Å². The molecular formula is C7H13NO5S. The van der Waals surface area contributed by atoms with E-state index in [1.807, 2.05) is 0 Å². The fourth-order valence-corrected chi connectivity index (χ4v) is 2.57. The number of hydrogen-bond donors (Lipinski definition) is 1. The van der Waals surface area contributed by atoms with E-state index in [0.717, 1.165) is 4.31 Å². The van der Waals surface area contributed by atoms with Crippen molar-refractivity contribution in [3.8, 4) is 0 Å². The molecule has 1 aliphatic heterocycles. The van der Waals surface area contributed by atoms with Gasteiger partial charge in [-0.1, -0.05) is 0 Å². The van der Waals surface area contributed by atoms with Gasteiger partial charge in [-0.05, 0) is 0 Å². The number of β-amino-alcohol motifs (C(OH)–C–C–N with tert-alkyl or cyclic N) is 1. The number of carbonyl (C=O) groups is 1. The predicted molar refractivity (Wildman–Crippen MR) is 48.0 cm³/mol. The van der Waals surface area contributed by atoms with E-state index in [2.05, 4.69) is 4.74 Å². The maximum absolute atomic E-state index is 11.4. The molecule has 1 heterocycles. The summed E-state index contributed by atoms with van der Waals surface area (Å²) >= 11 is 0. The highest BCUT2D eigenvalue weighted by molar-refractivity contribution is 7.89. The van der Waals surface area contributed by atoms with Gasteiger partial charge in [0, 0.05) is 13.1 Å². The third-order valence-electron chi connectivity index (χ3n) is 2.01. The molecule has 0 spiro atoms. The minimum Gasteiger partial charge on any atom is -0.469 e. The summed E-state index contributed by atoms with van der Waals surface area (Å²) in [6, 6.07) is 0. The maximum atomic E-state index is 11.4. The largest absolute Gasteiger partial charge is 0.469 e. The molecule has 0 saturated carbocycles. The Labute approximate surface area is 82.5 Å². The summed E-state index contributed by atoms with van der Waals surface area (Å²) < 4.78 is 28.3. The van der Waals surface area contributed by atoms with E-state index in [4.69, 9.17) is 5.11 Å². The number of carbonyl (C=O) groups excluding carboxylic acids is 1. The van der Waals surface area contributed by atoms with Gasteiger partial charge in [-0.2, -0.15) is 4.31 Å². The van der Waals surface area contributed by atoms with Crippen molar-refractivity contribution in [2.45, 2.75) is 12.5 Å². The van der Waals surface area contributed by atoms with Gasteiger partial charge in [0.1, 0.15) is 0 Å². The van der Waals surface area contributed by atoms with Crippen LogP contribution in [-0.4, -0.2) is 55.9 Å². The quantitative estimate of drug-likeness (QED) is 0.590. The third-order valence-corrected chi connectivity index (χ3v) is 3.82. The lowest BCUT2D eigenvalue weighted by Gasteiger charge is -2.34. The Hall–Kier alpha value is -0.660. The molecule has 7 heteroatoms. The molecule has 0 aromatic heterocycles. The fraction of sp³-hybridized carbons (Fsp3) is 0.857. The number of sulfonamides is 1. The van der Waals surface area contributed by atoms with Gasteiger partial charge in [0.2, 0.25) is 10.0 Å². The van der Waals surface area contributed by atoms with Crippen LogP contribution in [0.1, 0.15) is 6.42 Å². The van der Waals surface area contributed by atoms with Crippen molar-refractivity contribution in [3.63, 3.8) is 0 Å². The number of aliphatic hydroxyl groups is 1. The van der Waals surface area contributed by atoms with Crippen LogP contribution in [0.15, 0.2) is 0 Å². The smallest absolute Gasteiger partial charge is 0.306 e.